The van der Waals surface area contributed by atoms with Crippen LogP contribution in [0.25, 0.3) is 0 Å². The molecular weight excluding hydrogens is 198 g/mol. The van der Waals surface area contributed by atoms with Crippen LogP contribution >= 0.6 is 0 Å². The Morgan fingerprint density at radius 2 is 2.00 bits per heavy atom. The number of alkyl halides is 2. The largest absolute Gasteiger partial charge is 0.311 e. The number of carbonyl (C=O) groups excluding carboxylic acids is 1. The van der Waals surface area contributed by atoms with Crippen molar-refractivity contribution in [3.05, 3.63) is 0 Å². The fourth-order valence-corrected chi connectivity index (χ4v) is 1.04. The molecule has 1 unspecified atom stereocenters. The van der Waals surface area contributed by atoms with Crippen molar-refractivity contribution in [2.24, 2.45) is 5.92 Å². The van der Waals surface area contributed by atoms with Crippen LogP contribution in [0.4, 0.5) is 8.78 Å². The molecule has 0 aliphatic rings. The Hall–Kier alpha value is -0.910. The molecule has 0 fully saturated rings. The quantitative estimate of drug-likeness (QED) is 0.643. The van der Waals surface area contributed by atoms with Crippen LogP contribution in [-0.2, 0) is 4.79 Å². The van der Waals surface area contributed by atoms with E-state index < -0.39 is 11.8 Å². The number of rotatable bonds is 5. The summed E-state index contributed by atoms with van der Waals surface area (Å²) in [6, 6.07) is 0. The van der Waals surface area contributed by atoms with E-state index in [0.29, 0.717) is 12.8 Å². The first-order valence-electron chi connectivity index (χ1n) is 5.33. The normalized spacial score (nSPS) is 12.9. The highest BCUT2D eigenvalue weighted by Crippen LogP contribution is 2.26. The SMILES string of the molecule is CCCC#CC(F)(F)C(C)CC(=O)CC. The third-order valence-electron chi connectivity index (χ3n) is 2.18. The van der Waals surface area contributed by atoms with Gasteiger partial charge in [0.25, 0.3) is 0 Å². The number of halogens is 2. The summed E-state index contributed by atoms with van der Waals surface area (Å²) in [4.78, 5) is 11.0. The molecule has 0 aromatic heterocycles. The molecule has 3 heteroatoms. The lowest BCUT2D eigenvalue weighted by Crippen LogP contribution is -2.26. The zero-order chi connectivity index (χ0) is 11.9. The van der Waals surface area contributed by atoms with Gasteiger partial charge in [0, 0.05) is 25.2 Å². The lowest BCUT2D eigenvalue weighted by molar-refractivity contribution is -0.122. The van der Waals surface area contributed by atoms with Crippen molar-refractivity contribution in [3.8, 4) is 11.8 Å². The standard InChI is InChI=1S/C12H18F2O/c1-4-6-7-8-12(13,14)10(3)9-11(15)5-2/h10H,4-6,9H2,1-3H3. The third kappa shape index (κ3) is 5.51. The Labute approximate surface area is 90.2 Å². The molecule has 0 amide bonds. The van der Waals surface area contributed by atoms with E-state index in [-0.39, 0.29) is 12.2 Å². The summed E-state index contributed by atoms with van der Waals surface area (Å²) in [7, 11) is 0. The van der Waals surface area contributed by atoms with Gasteiger partial charge in [0.1, 0.15) is 5.78 Å². The molecule has 15 heavy (non-hydrogen) atoms. The third-order valence-corrected chi connectivity index (χ3v) is 2.18. The smallest absolute Gasteiger partial charge is 0.300 e. The van der Waals surface area contributed by atoms with Crippen LogP contribution in [0.2, 0.25) is 0 Å². The van der Waals surface area contributed by atoms with E-state index in [0.717, 1.165) is 6.42 Å². The van der Waals surface area contributed by atoms with E-state index >= 15 is 0 Å². The summed E-state index contributed by atoms with van der Waals surface area (Å²) in [5, 5.41) is 0. The summed E-state index contributed by atoms with van der Waals surface area (Å²) < 4.78 is 26.6. The van der Waals surface area contributed by atoms with Gasteiger partial charge in [0.15, 0.2) is 0 Å². The second kappa shape index (κ2) is 6.55. The van der Waals surface area contributed by atoms with Crippen molar-refractivity contribution in [2.45, 2.75) is 52.4 Å². The van der Waals surface area contributed by atoms with Crippen LogP contribution in [0.3, 0.4) is 0 Å². The molecule has 0 saturated heterocycles. The van der Waals surface area contributed by atoms with Crippen LogP contribution in [-0.4, -0.2) is 11.7 Å². The maximum absolute atomic E-state index is 13.3. The maximum Gasteiger partial charge on any atom is 0.311 e. The Bertz CT molecular complexity index is 261. The van der Waals surface area contributed by atoms with Gasteiger partial charge in [-0.05, 0) is 12.3 Å². The number of hydrogen-bond donors (Lipinski definition) is 0. The van der Waals surface area contributed by atoms with Crippen molar-refractivity contribution in [3.63, 3.8) is 0 Å². The average molecular weight is 216 g/mol. The molecule has 0 saturated carbocycles. The van der Waals surface area contributed by atoms with Gasteiger partial charge in [-0.3, -0.25) is 4.79 Å². The van der Waals surface area contributed by atoms with E-state index in [1.165, 1.54) is 6.92 Å². The first kappa shape index (κ1) is 14.1. The maximum atomic E-state index is 13.3. The summed E-state index contributed by atoms with van der Waals surface area (Å²) in [5.41, 5.74) is 0. The molecule has 0 aromatic carbocycles. The number of carbonyl (C=O) groups is 1. The second-order valence-corrected chi connectivity index (χ2v) is 3.67. The minimum absolute atomic E-state index is 0.0930. The van der Waals surface area contributed by atoms with Crippen LogP contribution in [0, 0.1) is 17.8 Å². The molecular formula is C12H18F2O. The zero-order valence-electron chi connectivity index (χ0n) is 9.57. The van der Waals surface area contributed by atoms with Gasteiger partial charge in [0.05, 0.1) is 0 Å². The van der Waals surface area contributed by atoms with Crippen LogP contribution < -0.4 is 0 Å². The van der Waals surface area contributed by atoms with Crippen molar-refractivity contribution >= 4 is 5.78 Å². The highest BCUT2D eigenvalue weighted by Gasteiger charge is 2.34. The van der Waals surface area contributed by atoms with Gasteiger partial charge in [-0.15, -0.1) is 0 Å². The number of unbranched alkanes of at least 4 members (excludes halogenated alkanes) is 1. The molecule has 0 spiro atoms. The van der Waals surface area contributed by atoms with Crippen LogP contribution in [0.5, 0.6) is 0 Å². The van der Waals surface area contributed by atoms with Crippen molar-refractivity contribution in [1.29, 1.82) is 0 Å². The minimum atomic E-state index is -3.04. The van der Waals surface area contributed by atoms with Gasteiger partial charge in [-0.1, -0.05) is 26.7 Å². The molecule has 0 rings (SSSR count). The molecule has 1 nitrogen and oxygen atoms in total. The second-order valence-electron chi connectivity index (χ2n) is 3.67. The van der Waals surface area contributed by atoms with Crippen molar-refractivity contribution in [1.82, 2.24) is 0 Å². The number of ketones is 1. The fraction of sp³-hybridized carbons (Fsp3) is 0.750. The fourth-order valence-electron chi connectivity index (χ4n) is 1.04. The molecule has 0 heterocycles. The minimum Gasteiger partial charge on any atom is -0.300 e. The highest BCUT2D eigenvalue weighted by atomic mass is 19.3. The molecule has 1 atom stereocenters. The molecule has 86 valence electrons. The van der Waals surface area contributed by atoms with E-state index in [9.17, 15) is 13.6 Å². The van der Waals surface area contributed by atoms with Crippen molar-refractivity contribution in [2.75, 3.05) is 0 Å². The number of hydrogen-bond acceptors (Lipinski definition) is 1. The van der Waals surface area contributed by atoms with E-state index in [2.05, 4.69) is 5.92 Å². The molecule has 0 aliphatic heterocycles. The Balaban J connectivity index is 4.33. The lowest BCUT2D eigenvalue weighted by atomic mass is 9.96. The summed E-state index contributed by atoms with van der Waals surface area (Å²) >= 11 is 0. The average Bonchev–Trinajstić information content (AvgIpc) is 2.17. The highest BCUT2D eigenvalue weighted by molar-refractivity contribution is 5.78. The number of Topliss-reactive ketones (excluding diaryl/α,β-unsaturated/α-hetero) is 1. The summed E-state index contributed by atoms with van der Waals surface area (Å²) in [6.07, 6.45) is 1.46. The van der Waals surface area contributed by atoms with Crippen molar-refractivity contribution < 1.29 is 13.6 Å². The van der Waals surface area contributed by atoms with Crippen LogP contribution in [0.15, 0.2) is 0 Å². The first-order chi connectivity index (χ1) is 6.94. The molecule has 0 N–H and O–H groups in total. The zero-order valence-corrected chi connectivity index (χ0v) is 9.57. The molecule has 0 aliphatic carbocycles. The van der Waals surface area contributed by atoms with E-state index in [1.807, 2.05) is 12.8 Å². The first-order valence-corrected chi connectivity index (χ1v) is 5.33. The lowest BCUT2D eigenvalue weighted by Gasteiger charge is -2.17. The molecule has 0 aromatic rings. The predicted molar refractivity (Wildman–Crippen MR) is 56.7 cm³/mol. The predicted octanol–water partition coefficient (Wildman–Crippen LogP) is 3.43. The van der Waals surface area contributed by atoms with Gasteiger partial charge < -0.3 is 0 Å². The van der Waals surface area contributed by atoms with Gasteiger partial charge in [-0.25, -0.2) is 0 Å². The Kier molecular flexibility index (Phi) is 6.15. The summed E-state index contributed by atoms with van der Waals surface area (Å²) in [6.45, 7) is 4.93. The summed E-state index contributed by atoms with van der Waals surface area (Å²) in [5.74, 6) is 0.217. The monoisotopic (exact) mass is 216 g/mol. The van der Waals surface area contributed by atoms with E-state index in [1.54, 1.807) is 6.92 Å². The molecule has 0 bridgehead atoms. The van der Waals surface area contributed by atoms with Gasteiger partial charge in [0.2, 0.25) is 0 Å². The molecule has 0 radical (unpaired) electrons. The van der Waals surface area contributed by atoms with Gasteiger partial charge in [-0.2, -0.15) is 8.78 Å². The van der Waals surface area contributed by atoms with Gasteiger partial charge >= 0.3 is 5.92 Å². The Morgan fingerprint density at radius 1 is 1.40 bits per heavy atom. The topological polar surface area (TPSA) is 17.1 Å². The van der Waals surface area contributed by atoms with E-state index in [4.69, 9.17) is 0 Å². The Morgan fingerprint density at radius 3 is 2.47 bits per heavy atom. The van der Waals surface area contributed by atoms with Crippen LogP contribution in [0.1, 0.15) is 46.5 Å².